The zero-order valence-corrected chi connectivity index (χ0v) is 16.2. The summed E-state index contributed by atoms with van der Waals surface area (Å²) in [6, 6.07) is 13.8. The number of amides is 2. The summed E-state index contributed by atoms with van der Waals surface area (Å²) < 4.78 is 5.07. The number of aromatic nitrogens is 1. The van der Waals surface area contributed by atoms with E-state index in [0.29, 0.717) is 10.8 Å². The molecule has 7 heteroatoms. The smallest absolute Gasteiger partial charge is 0.293 e. The fourth-order valence-electron chi connectivity index (χ4n) is 3.53. The molecule has 0 bridgehead atoms. The molecule has 0 saturated carbocycles. The Kier molecular flexibility index (Phi) is 5.53. The summed E-state index contributed by atoms with van der Waals surface area (Å²) in [5.41, 5.74) is 1.93. The van der Waals surface area contributed by atoms with Crippen molar-refractivity contribution in [2.75, 3.05) is 11.9 Å². The Labute approximate surface area is 167 Å². The molecule has 0 spiro atoms. The fraction of sp³-hybridized carbons (Fsp3) is 0.286. The van der Waals surface area contributed by atoms with E-state index in [-0.39, 0.29) is 30.0 Å². The first kappa shape index (κ1) is 18.4. The number of nitrogens with zero attached hydrogens (tertiary/aromatic N) is 2. The van der Waals surface area contributed by atoms with Crippen LogP contribution in [-0.4, -0.2) is 34.3 Å². The van der Waals surface area contributed by atoms with Gasteiger partial charge in [-0.2, -0.15) is 0 Å². The van der Waals surface area contributed by atoms with Gasteiger partial charge in [-0.25, -0.2) is 4.98 Å². The Balaban J connectivity index is 1.35. The van der Waals surface area contributed by atoms with Gasteiger partial charge in [0, 0.05) is 18.0 Å². The molecule has 3 heterocycles. The maximum absolute atomic E-state index is 12.8. The minimum absolute atomic E-state index is 0.0904. The molecule has 0 aliphatic carbocycles. The number of thiazole rings is 1. The predicted molar refractivity (Wildman–Crippen MR) is 107 cm³/mol. The molecule has 1 aliphatic rings. The largest absolute Gasteiger partial charge is 0.459 e. The van der Waals surface area contributed by atoms with Crippen molar-refractivity contribution in [3.05, 3.63) is 71.1 Å². The van der Waals surface area contributed by atoms with Crippen molar-refractivity contribution < 1.29 is 14.0 Å². The highest BCUT2D eigenvalue weighted by atomic mass is 32.1. The molecule has 1 aromatic carbocycles. The van der Waals surface area contributed by atoms with Gasteiger partial charge >= 0.3 is 0 Å². The summed E-state index contributed by atoms with van der Waals surface area (Å²) in [4.78, 5) is 31.2. The Morgan fingerprint density at radius 1 is 1.21 bits per heavy atom. The number of hydrogen-bond acceptors (Lipinski definition) is 5. The lowest BCUT2D eigenvalue weighted by Crippen LogP contribution is -2.37. The highest BCUT2D eigenvalue weighted by molar-refractivity contribution is 7.14. The van der Waals surface area contributed by atoms with Crippen LogP contribution in [0.2, 0.25) is 0 Å². The van der Waals surface area contributed by atoms with Crippen LogP contribution in [0.5, 0.6) is 0 Å². The van der Waals surface area contributed by atoms with Crippen LogP contribution < -0.4 is 5.32 Å². The van der Waals surface area contributed by atoms with Gasteiger partial charge < -0.3 is 9.32 Å². The van der Waals surface area contributed by atoms with E-state index in [2.05, 4.69) is 22.4 Å². The minimum Gasteiger partial charge on any atom is -0.459 e. The molecule has 0 radical (unpaired) electrons. The van der Waals surface area contributed by atoms with Gasteiger partial charge in [-0.3, -0.25) is 14.9 Å². The molecule has 1 unspecified atom stereocenters. The first-order chi connectivity index (χ1) is 13.7. The number of rotatable bonds is 6. The fourth-order valence-corrected chi connectivity index (χ4v) is 4.24. The van der Waals surface area contributed by atoms with Crippen LogP contribution in [0.15, 0.2) is 58.5 Å². The van der Waals surface area contributed by atoms with Gasteiger partial charge in [0.1, 0.15) is 0 Å². The van der Waals surface area contributed by atoms with Crippen LogP contribution in [0.1, 0.15) is 34.7 Å². The SMILES string of the molecule is O=C(Nc1nc(CC(=O)N2CCCC2Cc2ccccc2)cs1)c1ccco1. The summed E-state index contributed by atoms with van der Waals surface area (Å²) in [6.07, 6.45) is 4.64. The summed E-state index contributed by atoms with van der Waals surface area (Å²) in [5.74, 6) is -0.0269. The maximum atomic E-state index is 12.8. The standard InChI is InChI=1S/C21H21N3O3S/c25-19(24-10-4-8-17(24)12-15-6-2-1-3-7-15)13-16-14-28-21(22-16)23-20(26)18-9-5-11-27-18/h1-3,5-7,9,11,14,17H,4,8,10,12-13H2,(H,22,23,26). The number of anilines is 1. The second-order valence-corrected chi connectivity index (χ2v) is 7.68. The van der Waals surface area contributed by atoms with Crippen LogP contribution >= 0.6 is 11.3 Å². The highest BCUT2D eigenvalue weighted by Crippen LogP contribution is 2.23. The average molecular weight is 395 g/mol. The monoisotopic (exact) mass is 395 g/mol. The number of likely N-dealkylation sites (tertiary alicyclic amines) is 1. The van der Waals surface area contributed by atoms with Crippen LogP contribution in [0.25, 0.3) is 0 Å². The number of carbonyl (C=O) groups is 2. The normalized spacial score (nSPS) is 16.3. The quantitative estimate of drug-likeness (QED) is 0.689. The summed E-state index contributed by atoms with van der Waals surface area (Å²) >= 11 is 1.31. The van der Waals surface area contributed by atoms with Gasteiger partial charge in [-0.05, 0) is 37.0 Å². The zero-order valence-electron chi connectivity index (χ0n) is 15.3. The molecule has 1 fully saturated rings. The molecular weight excluding hydrogens is 374 g/mol. The van der Waals surface area contributed by atoms with Gasteiger partial charge in [0.2, 0.25) is 5.91 Å². The molecule has 2 aromatic heterocycles. The zero-order chi connectivity index (χ0) is 19.3. The van der Waals surface area contributed by atoms with Gasteiger partial charge in [-0.15, -0.1) is 11.3 Å². The number of furan rings is 1. The lowest BCUT2D eigenvalue weighted by Gasteiger charge is -2.24. The van der Waals surface area contributed by atoms with Gasteiger partial charge in [0.15, 0.2) is 10.9 Å². The van der Waals surface area contributed by atoms with Crippen molar-refractivity contribution in [1.29, 1.82) is 0 Å². The van der Waals surface area contributed by atoms with E-state index >= 15 is 0 Å². The van der Waals surface area contributed by atoms with Gasteiger partial charge in [-0.1, -0.05) is 30.3 Å². The molecule has 1 saturated heterocycles. The second kappa shape index (κ2) is 8.39. The first-order valence-corrected chi connectivity index (χ1v) is 10.2. The highest BCUT2D eigenvalue weighted by Gasteiger charge is 2.29. The maximum Gasteiger partial charge on any atom is 0.293 e. The topological polar surface area (TPSA) is 75.4 Å². The van der Waals surface area contributed by atoms with E-state index < -0.39 is 0 Å². The Morgan fingerprint density at radius 3 is 2.86 bits per heavy atom. The Bertz CT molecular complexity index is 937. The third-order valence-electron chi connectivity index (χ3n) is 4.86. The lowest BCUT2D eigenvalue weighted by molar-refractivity contribution is -0.131. The predicted octanol–water partition coefficient (Wildman–Crippen LogP) is 3.76. The average Bonchev–Trinajstić information content (AvgIpc) is 3.44. The molecule has 1 N–H and O–H groups in total. The third kappa shape index (κ3) is 4.31. The van der Waals surface area contributed by atoms with Crippen LogP contribution in [0, 0.1) is 0 Å². The molecule has 1 aliphatic heterocycles. The van der Waals surface area contributed by atoms with Crippen LogP contribution in [0.3, 0.4) is 0 Å². The third-order valence-corrected chi connectivity index (χ3v) is 5.67. The number of hydrogen-bond donors (Lipinski definition) is 1. The molecule has 144 valence electrons. The molecule has 6 nitrogen and oxygen atoms in total. The number of carbonyl (C=O) groups excluding carboxylic acids is 2. The van der Waals surface area contributed by atoms with Crippen molar-refractivity contribution in [2.45, 2.75) is 31.7 Å². The minimum atomic E-state index is -0.348. The van der Waals surface area contributed by atoms with Crippen molar-refractivity contribution >= 4 is 28.3 Å². The molecule has 4 rings (SSSR count). The second-order valence-electron chi connectivity index (χ2n) is 6.83. The van der Waals surface area contributed by atoms with E-state index in [1.807, 2.05) is 28.5 Å². The molecule has 1 atom stereocenters. The van der Waals surface area contributed by atoms with Crippen molar-refractivity contribution in [3.8, 4) is 0 Å². The molecular formula is C21H21N3O3S. The van der Waals surface area contributed by atoms with E-state index in [4.69, 9.17) is 4.42 Å². The molecule has 2 amide bonds. The summed E-state index contributed by atoms with van der Waals surface area (Å²) in [6.45, 7) is 0.794. The first-order valence-electron chi connectivity index (χ1n) is 9.32. The van der Waals surface area contributed by atoms with E-state index in [1.165, 1.54) is 23.2 Å². The van der Waals surface area contributed by atoms with E-state index in [9.17, 15) is 9.59 Å². The lowest BCUT2D eigenvalue weighted by atomic mass is 10.0. The van der Waals surface area contributed by atoms with Crippen LogP contribution in [0.4, 0.5) is 5.13 Å². The number of nitrogens with one attached hydrogen (secondary N) is 1. The van der Waals surface area contributed by atoms with Crippen molar-refractivity contribution in [1.82, 2.24) is 9.88 Å². The van der Waals surface area contributed by atoms with Crippen molar-refractivity contribution in [2.24, 2.45) is 0 Å². The van der Waals surface area contributed by atoms with Crippen LogP contribution in [-0.2, 0) is 17.6 Å². The van der Waals surface area contributed by atoms with E-state index in [0.717, 1.165) is 25.8 Å². The van der Waals surface area contributed by atoms with Crippen molar-refractivity contribution in [3.63, 3.8) is 0 Å². The van der Waals surface area contributed by atoms with Gasteiger partial charge in [0.05, 0.1) is 18.4 Å². The van der Waals surface area contributed by atoms with E-state index in [1.54, 1.807) is 12.1 Å². The molecule has 3 aromatic rings. The Morgan fingerprint density at radius 2 is 2.07 bits per heavy atom. The summed E-state index contributed by atoms with van der Waals surface area (Å²) in [7, 11) is 0. The molecule has 28 heavy (non-hydrogen) atoms. The van der Waals surface area contributed by atoms with Gasteiger partial charge in [0.25, 0.3) is 5.91 Å². The Hall–Kier alpha value is -2.93. The summed E-state index contributed by atoms with van der Waals surface area (Å²) in [5, 5.41) is 4.98. The number of benzene rings is 1.